The predicted molar refractivity (Wildman–Crippen MR) is 124 cm³/mol. The van der Waals surface area contributed by atoms with Crippen molar-refractivity contribution in [2.75, 3.05) is 0 Å². The van der Waals surface area contributed by atoms with Gasteiger partial charge in [-0.2, -0.15) is 0 Å². The van der Waals surface area contributed by atoms with Crippen LogP contribution in [0.25, 0.3) is 0 Å². The van der Waals surface area contributed by atoms with Gasteiger partial charge in [0.25, 0.3) is 0 Å². The minimum atomic E-state index is -4.87. The van der Waals surface area contributed by atoms with E-state index in [1.165, 1.54) is 0 Å². The molecule has 0 heterocycles. The molecule has 0 aliphatic heterocycles. The summed E-state index contributed by atoms with van der Waals surface area (Å²) in [5, 5.41) is 2.68. The van der Waals surface area contributed by atoms with Crippen LogP contribution in [0.4, 0.5) is 0 Å². The van der Waals surface area contributed by atoms with Crippen LogP contribution in [0.3, 0.4) is 0 Å². The van der Waals surface area contributed by atoms with Crippen molar-refractivity contribution in [2.24, 2.45) is 0 Å². The summed E-state index contributed by atoms with van der Waals surface area (Å²) in [6.07, 6.45) is 0. The van der Waals surface area contributed by atoms with Crippen LogP contribution in [0, 0.1) is 0 Å². The van der Waals surface area contributed by atoms with Gasteiger partial charge in [-0.15, -0.1) is 0 Å². The molecular formula is C24H21O4PS. The number of hydrogen-bond acceptors (Lipinski definition) is 3. The fourth-order valence-corrected chi connectivity index (χ4v) is 11.7. The van der Waals surface area contributed by atoms with E-state index in [1.54, 1.807) is 0 Å². The Balaban J connectivity index is 2.34. The molecule has 0 radical (unpaired) electrons. The molecule has 0 aliphatic rings. The first-order valence-electron chi connectivity index (χ1n) is 9.40. The third-order valence-electron chi connectivity index (χ3n) is 5.24. The Hall–Kier alpha value is -2.82. The van der Waals surface area contributed by atoms with Crippen molar-refractivity contribution in [1.29, 1.82) is 0 Å². The third-order valence-corrected chi connectivity index (χ3v) is 12.3. The molecule has 0 saturated carbocycles. The molecule has 0 aliphatic carbocycles. The summed E-state index contributed by atoms with van der Waals surface area (Å²) in [7, 11) is -4.87. The summed E-state index contributed by atoms with van der Waals surface area (Å²) in [5.74, 6) is 0. The zero-order valence-electron chi connectivity index (χ0n) is 16.1. The second-order valence-corrected chi connectivity index (χ2v) is 12.5. The molecule has 0 atom stereocenters. The van der Waals surface area contributed by atoms with E-state index in [-0.39, 0.29) is 0 Å². The molecule has 0 spiro atoms. The van der Waals surface area contributed by atoms with Gasteiger partial charge in [0.1, 0.15) is 0 Å². The number of hydrogen-bond donors (Lipinski definition) is 1. The Labute approximate surface area is 176 Å². The first-order valence-corrected chi connectivity index (χ1v) is 12.9. The summed E-state index contributed by atoms with van der Waals surface area (Å²) in [6, 6.07) is 37.1. The molecule has 4 aromatic carbocycles. The van der Waals surface area contributed by atoms with E-state index in [2.05, 4.69) is 0 Å². The van der Waals surface area contributed by atoms with Crippen molar-refractivity contribution >= 4 is 38.4 Å². The maximum atomic E-state index is 12.5. The Morgan fingerprint density at radius 1 is 0.500 bits per heavy atom. The average Bonchev–Trinajstić information content (AvgIpc) is 2.79. The van der Waals surface area contributed by atoms with Gasteiger partial charge >= 0.3 is 177 Å². The van der Waals surface area contributed by atoms with Crippen molar-refractivity contribution in [3.63, 3.8) is 0 Å². The van der Waals surface area contributed by atoms with Crippen LogP contribution in [0.5, 0.6) is 0 Å². The minimum absolute atomic E-state index is 0.671. The van der Waals surface area contributed by atoms with Gasteiger partial charge < -0.3 is 0 Å². The summed E-state index contributed by atoms with van der Waals surface area (Å²) < 4.78 is 41.2. The summed E-state index contributed by atoms with van der Waals surface area (Å²) >= 11 is 0. The molecular weight excluding hydrogens is 415 g/mol. The van der Waals surface area contributed by atoms with Gasteiger partial charge in [-0.25, -0.2) is 0 Å². The van der Waals surface area contributed by atoms with Gasteiger partial charge in [0.2, 0.25) is 0 Å². The fourth-order valence-electron chi connectivity index (χ4n) is 4.10. The van der Waals surface area contributed by atoms with Crippen LogP contribution in [-0.2, 0) is 14.4 Å². The van der Waals surface area contributed by atoms with E-state index < -0.39 is 17.2 Å². The van der Waals surface area contributed by atoms with Crippen molar-refractivity contribution in [2.45, 2.75) is 0 Å². The summed E-state index contributed by atoms with van der Waals surface area (Å²) in [5.41, 5.74) is 0. The second-order valence-electron chi connectivity index (χ2n) is 6.88. The molecule has 0 saturated heterocycles. The second kappa shape index (κ2) is 7.78. The van der Waals surface area contributed by atoms with Crippen LogP contribution in [-0.4, -0.2) is 13.0 Å². The third kappa shape index (κ3) is 3.17. The zero-order chi connectivity index (χ0) is 21.1. The maximum absolute atomic E-state index is 12.5. The van der Waals surface area contributed by atoms with Crippen molar-refractivity contribution < 1.29 is 16.9 Å². The molecule has 0 aromatic heterocycles. The van der Waals surface area contributed by atoms with E-state index in [0.717, 1.165) is 0 Å². The van der Waals surface area contributed by atoms with E-state index >= 15 is 0 Å². The predicted octanol–water partition coefficient (Wildman–Crippen LogP) is 3.58. The van der Waals surface area contributed by atoms with Gasteiger partial charge in [0, 0.05) is 0 Å². The van der Waals surface area contributed by atoms with E-state index in [1.807, 2.05) is 121 Å². The number of rotatable bonds is 6. The van der Waals surface area contributed by atoms with Gasteiger partial charge in [-0.1, -0.05) is 0 Å². The van der Waals surface area contributed by atoms with Crippen LogP contribution >= 0.6 is 6.83 Å². The molecule has 1 N–H and O–H groups in total. The molecule has 152 valence electrons. The van der Waals surface area contributed by atoms with Gasteiger partial charge in [0.15, 0.2) is 0 Å². The van der Waals surface area contributed by atoms with Crippen molar-refractivity contribution in [3.05, 3.63) is 121 Å². The zero-order valence-corrected chi connectivity index (χ0v) is 17.8. The van der Waals surface area contributed by atoms with Crippen LogP contribution in [0.1, 0.15) is 0 Å². The molecule has 0 bridgehead atoms. The van der Waals surface area contributed by atoms with Gasteiger partial charge in [0.05, 0.1) is 0 Å². The molecule has 6 heteroatoms. The van der Waals surface area contributed by atoms with Crippen LogP contribution in [0.2, 0.25) is 0 Å². The molecule has 4 rings (SSSR count). The summed E-state index contributed by atoms with van der Waals surface area (Å²) in [4.78, 5) is 0. The first-order chi connectivity index (χ1) is 14.5. The quantitative estimate of drug-likeness (QED) is 0.371. The topological polar surface area (TPSA) is 63.6 Å². The van der Waals surface area contributed by atoms with Gasteiger partial charge in [-0.3, -0.25) is 0 Å². The first kappa shape index (κ1) is 20.5. The van der Waals surface area contributed by atoms with Gasteiger partial charge in [-0.05, 0) is 0 Å². The van der Waals surface area contributed by atoms with Crippen LogP contribution in [0.15, 0.2) is 121 Å². The Bertz CT molecular complexity index is 1060. The Morgan fingerprint density at radius 3 is 0.933 bits per heavy atom. The Kier molecular flexibility index (Phi) is 5.31. The average molecular weight is 436 g/mol. The molecule has 4 nitrogen and oxygen atoms in total. The van der Waals surface area contributed by atoms with E-state index in [9.17, 15) is 13.0 Å². The van der Waals surface area contributed by atoms with Crippen LogP contribution < -0.4 is 21.2 Å². The molecule has 4 aromatic rings. The molecule has 0 amide bonds. The standard InChI is InChI=1S/C24H21O4PS/c25-30(26,27)28-29(21-13-5-1-6-14-21,22-15-7-2-8-16-22,23-17-9-3-10-18-23)24-19-11-4-12-20-24/h1-20H,(H,25,26,27). The SMILES string of the molecule is O=S(=O)(O)OP(c1ccccc1)(c1ccccc1)(c1ccccc1)c1ccccc1. The monoisotopic (exact) mass is 436 g/mol. The van der Waals surface area contributed by atoms with E-state index in [4.69, 9.17) is 3.97 Å². The number of benzene rings is 4. The molecule has 0 unspecified atom stereocenters. The van der Waals surface area contributed by atoms with E-state index in [0.29, 0.717) is 21.2 Å². The fraction of sp³-hybridized carbons (Fsp3) is 0. The van der Waals surface area contributed by atoms with Crippen molar-refractivity contribution in [3.8, 4) is 0 Å². The Morgan fingerprint density at radius 2 is 0.733 bits per heavy atom. The molecule has 30 heavy (non-hydrogen) atoms. The summed E-state index contributed by atoms with van der Waals surface area (Å²) in [6.45, 7) is -4.35. The molecule has 0 fully saturated rings. The normalized spacial score (nSPS) is 13.3. The van der Waals surface area contributed by atoms with Crippen molar-refractivity contribution in [1.82, 2.24) is 0 Å².